The van der Waals surface area contributed by atoms with Crippen LogP contribution in [-0.4, -0.2) is 74.2 Å². The number of sulfonamides is 1. The number of hydrogen-bond donors (Lipinski definition) is 2. The lowest BCUT2D eigenvalue weighted by Crippen LogP contribution is -2.47. The number of aromatic nitrogens is 1. The smallest absolute Gasteiger partial charge is 0.421 e. The molecular weight excluding hydrogens is 865 g/mol. The lowest BCUT2D eigenvalue weighted by atomic mass is 9.72. The van der Waals surface area contributed by atoms with Crippen molar-refractivity contribution in [2.45, 2.75) is 102 Å². The van der Waals surface area contributed by atoms with Crippen molar-refractivity contribution in [3.05, 3.63) is 111 Å². The van der Waals surface area contributed by atoms with Crippen LogP contribution in [0.5, 0.6) is 17.4 Å². The minimum absolute atomic E-state index is 0.0725. The number of aryl methyl sites for hydroxylation is 1. The Morgan fingerprint density at radius 1 is 0.938 bits per heavy atom. The fourth-order valence-electron chi connectivity index (χ4n) is 9.47. The Morgan fingerprint density at radius 3 is 2.39 bits per heavy atom. The van der Waals surface area contributed by atoms with Crippen LogP contribution in [0.3, 0.4) is 0 Å². The van der Waals surface area contributed by atoms with Crippen molar-refractivity contribution in [1.82, 2.24) is 14.6 Å². The number of anilines is 1. The van der Waals surface area contributed by atoms with Gasteiger partial charge in [0.2, 0.25) is 5.88 Å². The molecule has 4 aromatic rings. The van der Waals surface area contributed by atoms with Gasteiger partial charge in [-0.15, -0.1) is 0 Å². The Kier molecular flexibility index (Phi) is 13.2. The zero-order chi connectivity index (χ0) is 45.4. The van der Waals surface area contributed by atoms with Crippen molar-refractivity contribution in [2.24, 2.45) is 11.3 Å². The first-order valence-electron chi connectivity index (χ1n) is 22.2. The Labute approximate surface area is 378 Å². The molecule has 2 N–H and O–H groups in total. The number of halogens is 4. The summed E-state index contributed by atoms with van der Waals surface area (Å²) in [4.78, 5) is 21.6. The molecule has 2 heterocycles. The average molecular weight is 922 g/mol. The number of allylic oxidation sites excluding steroid dienone is 1. The van der Waals surface area contributed by atoms with Gasteiger partial charge >= 0.3 is 6.18 Å². The lowest BCUT2D eigenvalue weighted by Gasteiger charge is -2.39. The highest BCUT2D eigenvalue weighted by Gasteiger charge is 2.38. The van der Waals surface area contributed by atoms with E-state index >= 15 is 0 Å². The number of pyridine rings is 1. The van der Waals surface area contributed by atoms with Crippen molar-refractivity contribution < 1.29 is 41.0 Å². The van der Waals surface area contributed by atoms with Gasteiger partial charge in [0.15, 0.2) is 0 Å². The quantitative estimate of drug-likeness (QED) is 0.143. The lowest BCUT2D eigenvalue weighted by molar-refractivity contribution is -0.139. The number of nitrogens with one attached hydrogen (secondary N) is 1. The molecule has 8 rings (SSSR count). The first-order chi connectivity index (χ1) is 30.3. The van der Waals surface area contributed by atoms with Crippen LogP contribution in [0.4, 0.5) is 18.9 Å². The van der Waals surface area contributed by atoms with E-state index < -0.39 is 44.0 Å². The van der Waals surface area contributed by atoms with Gasteiger partial charge in [0.05, 0.1) is 24.0 Å². The number of benzene rings is 3. The summed E-state index contributed by atoms with van der Waals surface area (Å²) in [6, 6.07) is 19.3. The molecule has 342 valence electrons. The van der Waals surface area contributed by atoms with E-state index in [1.165, 1.54) is 22.8 Å². The normalized spacial score (nSPS) is 21.7. The minimum Gasteiger partial charge on any atom is -0.477 e. The van der Waals surface area contributed by atoms with Crippen LogP contribution in [0.15, 0.2) is 83.4 Å². The fraction of sp³-hybridized carbons (Fsp3) is 0.469. The summed E-state index contributed by atoms with van der Waals surface area (Å²) < 4.78 is 84.3. The van der Waals surface area contributed by atoms with E-state index in [-0.39, 0.29) is 29.3 Å². The topological polar surface area (TPSA) is 121 Å². The number of alkyl halides is 3. The van der Waals surface area contributed by atoms with Gasteiger partial charge in [-0.05, 0) is 141 Å². The zero-order valence-corrected chi connectivity index (χ0v) is 38.1. The first kappa shape index (κ1) is 45.9. The van der Waals surface area contributed by atoms with E-state index in [0.717, 1.165) is 81.2 Å². The second kappa shape index (κ2) is 18.3. The van der Waals surface area contributed by atoms with E-state index in [9.17, 15) is 31.5 Å². The van der Waals surface area contributed by atoms with Gasteiger partial charge < -0.3 is 19.5 Å². The third-order valence-electron chi connectivity index (χ3n) is 13.4. The Balaban J connectivity index is 1.00. The van der Waals surface area contributed by atoms with Gasteiger partial charge in [0.1, 0.15) is 22.0 Å². The molecule has 3 aliphatic carbocycles. The number of hydrogen-bond acceptors (Lipinski definition) is 9. The molecule has 64 heavy (non-hydrogen) atoms. The highest BCUT2D eigenvalue weighted by Crippen LogP contribution is 2.44. The number of carbonyl (C=O) groups excluding carboxylic acids is 1. The molecule has 0 spiro atoms. The van der Waals surface area contributed by atoms with Gasteiger partial charge in [0, 0.05) is 49.5 Å². The van der Waals surface area contributed by atoms with Crippen molar-refractivity contribution >= 4 is 38.8 Å². The second-order valence-electron chi connectivity index (χ2n) is 18.9. The summed E-state index contributed by atoms with van der Waals surface area (Å²) in [7, 11) is -4.86. The number of piperazine rings is 1. The Hall–Kier alpha value is -4.63. The SMILES string of the molecule is CC1(C)CCC(CN2CCN(c3ccc(C(=O)NS(=O)(=O)c4cnc(OCC5CCC(C)(O)CC5)c(C(F)(F)F)c4)c(Oc4cccc5c4CCC5)c3)CC2)=C(c2ccc(Cl)cc2)C1. The number of ether oxygens (including phenoxy) is 2. The molecule has 0 atom stereocenters. The first-order valence-corrected chi connectivity index (χ1v) is 24.1. The van der Waals surface area contributed by atoms with Crippen LogP contribution in [0.25, 0.3) is 5.57 Å². The molecule has 0 bridgehead atoms. The van der Waals surface area contributed by atoms with Gasteiger partial charge in [-0.2, -0.15) is 13.2 Å². The van der Waals surface area contributed by atoms with E-state index in [1.54, 1.807) is 19.1 Å². The predicted octanol–water partition coefficient (Wildman–Crippen LogP) is 10.3. The van der Waals surface area contributed by atoms with E-state index in [4.69, 9.17) is 21.1 Å². The van der Waals surface area contributed by atoms with E-state index in [2.05, 4.69) is 40.8 Å². The van der Waals surface area contributed by atoms with Gasteiger partial charge in [-0.1, -0.05) is 55.3 Å². The number of fused-ring (bicyclic) bond motifs is 1. The Morgan fingerprint density at radius 2 is 1.67 bits per heavy atom. The van der Waals surface area contributed by atoms with Crippen LogP contribution in [0.1, 0.15) is 105 Å². The molecule has 15 heteroatoms. The third kappa shape index (κ3) is 10.7. The molecule has 0 unspecified atom stereocenters. The van der Waals surface area contributed by atoms with E-state index in [1.807, 2.05) is 35.1 Å². The van der Waals surface area contributed by atoms with Crippen molar-refractivity contribution in [3.8, 4) is 17.4 Å². The zero-order valence-electron chi connectivity index (χ0n) is 36.6. The molecular formula is C49H56ClF3N4O6S. The number of aliphatic hydroxyl groups is 1. The van der Waals surface area contributed by atoms with Crippen LogP contribution >= 0.6 is 11.6 Å². The van der Waals surface area contributed by atoms with E-state index in [0.29, 0.717) is 55.6 Å². The molecule has 4 aliphatic rings. The summed E-state index contributed by atoms with van der Waals surface area (Å²) in [5.74, 6) is -1.24. The summed E-state index contributed by atoms with van der Waals surface area (Å²) in [6.45, 7) is 10.2. The number of nitrogens with zero attached hydrogens (tertiary/aromatic N) is 3. The maximum Gasteiger partial charge on any atom is 0.421 e. The van der Waals surface area contributed by atoms with Crippen LogP contribution in [0.2, 0.25) is 5.02 Å². The fourth-order valence-corrected chi connectivity index (χ4v) is 10.5. The van der Waals surface area contributed by atoms with Crippen LogP contribution in [0, 0.1) is 11.3 Å². The van der Waals surface area contributed by atoms with Gasteiger partial charge in [-0.25, -0.2) is 18.1 Å². The van der Waals surface area contributed by atoms with Crippen molar-refractivity contribution in [2.75, 3.05) is 44.2 Å². The molecule has 1 aromatic heterocycles. The predicted molar refractivity (Wildman–Crippen MR) is 242 cm³/mol. The summed E-state index contributed by atoms with van der Waals surface area (Å²) in [6.07, 6.45) is 3.62. The molecule has 1 amide bonds. The second-order valence-corrected chi connectivity index (χ2v) is 21.0. The summed E-state index contributed by atoms with van der Waals surface area (Å²) in [5, 5.41) is 11.0. The monoisotopic (exact) mass is 920 g/mol. The molecule has 1 saturated heterocycles. The third-order valence-corrected chi connectivity index (χ3v) is 14.9. The van der Waals surface area contributed by atoms with Crippen LogP contribution in [-0.2, 0) is 29.0 Å². The van der Waals surface area contributed by atoms with Crippen LogP contribution < -0.4 is 19.1 Å². The maximum atomic E-state index is 14.3. The molecule has 2 fully saturated rings. The minimum atomic E-state index is -5.00. The number of rotatable bonds is 12. The highest BCUT2D eigenvalue weighted by atomic mass is 35.5. The Bertz CT molecular complexity index is 2510. The molecule has 10 nitrogen and oxygen atoms in total. The average Bonchev–Trinajstić information content (AvgIpc) is 3.74. The standard InChI is InChI=1S/C49H56ClF3N4O6S/c1-47(2)19-18-35(41(28-47)34-10-12-36(50)13-11-34)30-56-22-24-57(25-23-56)37-14-15-40(44(26-37)63-43-9-5-7-33-6-4-8-39(33)43)45(58)55-64(60,61)38-27-42(49(51,52)53)46(54-29-38)62-31-32-16-20-48(3,59)21-17-32/h5,7,9-15,26-27,29,32,59H,4,6,8,16-25,28,30-31H2,1-3H3,(H,55,58). The number of amides is 1. The largest absolute Gasteiger partial charge is 0.477 e. The molecule has 1 saturated carbocycles. The van der Waals surface area contributed by atoms with Gasteiger partial charge in [-0.3, -0.25) is 9.69 Å². The van der Waals surface area contributed by atoms with Crippen molar-refractivity contribution in [3.63, 3.8) is 0 Å². The van der Waals surface area contributed by atoms with Crippen molar-refractivity contribution in [1.29, 1.82) is 0 Å². The summed E-state index contributed by atoms with van der Waals surface area (Å²) >= 11 is 6.24. The number of carbonyl (C=O) groups is 1. The highest BCUT2D eigenvalue weighted by molar-refractivity contribution is 7.90. The molecule has 0 radical (unpaired) electrons. The molecule has 1 aliphatic heterocycles. The molecule has 3 aromatic carbocycles. The van der Waals surface area contributed by atoms with Gasteiger partial charge in [0.25, 0.3) is 15.9 Å². The maximum absolute atomic E-state index is 14.3. The summed E-state index contributed by atoms with van der Waals surface area (Å²) in [5.41, 5.74) is 4.91.